The molecule has 0 aliphatic rings. The Hall–Kier alpha value is -5.57. The Balaban J connectivity index is 1.58. The molecule has 5 aromatic rings. The van der Waals surface area contributed by atoms with Gasteiger partial charge in [-0.3, -0.25) is 4.79 Å². The quantitative estimate of drug-likeness (QED) is 0.166. The smallest absolute Gasteiger partial charge is 0.343 e. The summed E-state index contributed by atoms with van der Waals surface area (Å²) in [7, 11) is 1.51. The van der Waals surface area contributed by atoms with Crippen LogP contribution < -0.4 is 31.1 Å². The van der Waals surface area contributed by atoms with Crippen LogP contribution in [0.4, 0.5) is 11.4 Å². The molecule has 0 saturated carbocycles. The van der Waals surface area contributed by atoms with Gasteiger partial charge in [-0.15, -0.1) is 0 Å². The molecule has 0 saturated heterocycles. The van der Waals surface area contributed by atoms with Crippen LogP contribution in [-0.4, -0.2) is 19.0 Å². The molecule has 40 heavy (non-hydrogen) atoms. The van der Waals surface area contributed by atoms with Crippen LogP contribution in [0.3, 0.4) is 0 Å². The van der Waals surface area contributed by atoms with Crippen LogP contribution in [0.2, 0.25) is 0 Å². The van der Waals surface area contributed by atoms with Crippen molar-refractivity contribution in [2.24, 2.45) is 0 Å². The number of esters is 2. The first-order valence-electron chi connectivity index (χ1n) is 12.1. The molecule has 0 bridgehead atoms. The summed E-state index contributed by atoms with van der Waals surface area (Å²) in [5.74, 6) is -0.445. The zero-order valence-electron chi connectivity index (χ0n) is 21.6. The number of carbonyl (C=O) groups excluding carboxylic acids is 2. The number of benzene rings is 4. The fraction of sp³-hybridized carbons (Fsp3) is 0.0645. The van der Waals surface area contributed by atoms with E-state index in [0.29, 0.717) is 39.2 Å². The zero-order valence-corrected chi connectivity index (χ0v) is 21.6. The van der Waals surface area contributed by atoms with Crippen molar-refractivity contribution in [2.75, 3.05) is 18.6 Å². The molecule has 0 aliphatic heterocycles. The van der Waals surface area contributed by atoms with Crippen LogP contribution in [0.25, 0.3) is 22.3 Å². The van der Waals surface area contributed by atoms with Gasteiger partial charge in [0.05, 0.1) is 23.6 Å². The summed E-state index contributed by atoms with van der Waals surface area (Å²) in [5.41, 5.74) is 13.7. The SMILES string of the molecule is COc1ccc2oc(-c3cc(OC(=O)c4ccc(N)cc4)cc(OC(=O)c4ccc(N)cc4)c3)c(C)c(=O)c2c1. The first kappa shape index (κ1) is 26.1. The van der Waals surface area contributed by atoms with Crippen molar-refractivity contribution in [3.05, 3.63) is 112 Å². The van der Waals surface area contributed by atoms with E-state index in [4.69, 9.17) is 30.1 Å². The second-order valence-corrected chi connectivity index (χ2v) is 8.96. The number of rotatable bonds is 6. The lowest BCUT2D eigenvalue weighted by atomic mass is 10.0. The molecule has 0 unspecified atom stereocenters. The number of nitrogens with two attached hydrogens (primary N) is 2. The van der Waals surface area contributed by atoms with Crippen LogP contribution in [0, 0.1) is 6.92 Å². The van der Waals surface area contributed by atoms with Crippen molar-refractivity contribution in [1.29, 1.82) is 0 Å². The molecule has 9 heteroatoms. The van der Waals surface area contributed by atoms with Gasteiger partial charge in [-0.25, -0.2) is 9.59 Å². The monoisotopic (exact) mass is 536 g/mol. The van der Waals surface area contributed by atoms with Crippen molar-refractivity contribution >= 4 is 34.3 Å². The highest BCUT2D eigenvalue weighted by Gasteiger charge is 2.19. The van der Waals surface area contributed by atoms with Crippen molar-refractivity contribution < 1.29 is 28.2 Å². The Morgan fingerprint density at radius 1 is 0.700 bits per heavy atom. The molecule has 0 fully saturated rings. The molecular weight excluding hydrogens is 512 g/mol. The van der Waals surface area contributed by atoms with E-state index in [1.165, 1.54) is 49.6 Å². The topological polar surface area (TPSA) is 144 Å². The number of nitrogen functional groups attached to an aromatic ring is 2. The molecule has 9 nitrogen and oxygen atoms in total. The van der Waals surface area contributed by atoms with Crippen LogP contribution in [0.15, 0.2) is 94.1 Å². The fourth-order valence-electron chi connectivity index (χ4n) is 4.06. The Morgan fingerprint density at radius 3 is 1.73 bits per heavy atom. The highest BCUT2D eigenvalue weighted by atomic mass is 16.5. The third-order valence-corrected chi connectivity index (χ3v) is 6.18. The van der Waals surface area contributed by atoms with Gasteiger partial charge >= 0.3 is 11.9 Å². The van der Waals surface area contributed by atoms with E-state index >= 15 is 0 Å². The molecule has 1 aromatic heterocycles. The Kier molecular flexibility index (Phi) is 6.94. The zero-order chi connectivity index (χ0) is 28.4. The lowest BCUT2D eigenvalue weighted by molar-refractivity contribution is 0.0733. The van der Waals surface area contributed by atoms with E-state index in [0.717, 1.165) is 0 Å². The molecule has 1 heterocycles. The third-order valence-electron chi connectivity index (χ3n) is 6.18. The van der Waals surface area contributed by atoms with E-state index in [1.807, 2.05) is 0 Å². The predicted octanol–water partition coefficient (Wildman–Crippen LogP) is 5.38. The van der Waals surface area contributed by atoms with Crippen molar-refractivity contribution in [3.63, 3.8) is 0 Å². The van der Waals surface area contributed by atoms with Crippen molar-refractivity contribution in [2.45, 2.75) is 6.92 Å². The molecule has 4 N–H and O–H groups in total. The van der Waals surface area contributed by atoms with Crippen molar-refractivity contribution in [3.8, 4) is 28.6 Å². The summed E-state index contributed by atoms with van der Waals surface area (Å²) < 4.78 is 22.6. The maximum absolute atomic E-state index is 13.2. The van der Waals surface area contributed by atoms with Gasteiger partial charge in [0.1, 0.15) is 28.6 Å². The van der Waals surface area contributed by atoms with Crippen LogP contribution in [-0.2, 0) is 0 Å². The summed E-state index contributed by atoms with van der Waals surface area (Å²) in [6.07, 6.45) is 0. The maximum atomic E-state index is 13.2. The first-order chi connectivity index (χ1) is 19.2. The van der Waals surface area contributed by atoms with E-state index < -0.39 is 11.9 Å². The van der Waals surface area contributed by atoms with E-state index in [2.05, 4.69) is 0 Å². The molecule has 0 aliphatic carbocycles. The molecular formula is C31H24N2O7. The average Bonchev–Trinajstić information content (AvgIpc) is 2.95. The minimum Gasteiger partial charge on any atom is -0.497 e. The fourth-order valence-corrected chi connectivity index (χ4v) is 4.06. The molecule has 0 spiro atoms. The summed E-state index contributed by atoms with van der Waals surface area (Å²) in [5, 5.41) is 0.349. The maximum Gasteiger partial charge on any atom is 0.343 e. The van der Waals surface area contributed by atoms with Crippen LogP contribution >= 0.6 is 0 Å². The average molecular weight is 537 g/mol. The highest BCUT2D eigenvalue weighted by Crippen LogP contribution is 2.34. The number of carbonyl (C=O) groups is 2. The predicted molar refractivity (Wildman–Crippen MR) is 151 cm³/mol. The van der Waals surface area contributed by atoms with Gasteiger partial charge in [0, 0.05) is 28.6 Å². The lowest BCUT2D eigenvalue weighted by Crippen LogP contribution is -2.11. The normalized spacial score (nSPS) is 10.8. The number of hydrogen-bond donors (Lipinski definition) is 2. The van der Waals surface area contributed by atoms with Gasteiger partial charge in [-0.05, 0) is 85.8 Å². The number of anilines is 2. The van der Waals surface area contributed by atoms with Gasteiger partial charge < -0.3 is 30.1 Å². The summed E-state index contributed by atoms with van der Waals surface area (Å²) in [6.45, 7) is 1.62. The van der Waals surface area contributed by atoms with Gasteiger partial charge in [0.15, 0.2) is 5.43 Å². The van der Waals surface area contributed by atoms with E-state index in [1.54, 1.807) is 49.4 Å². The minimum absolute atomic E-state index is 0.0660. The highest BCUT2D eigenvalue weighted by molar-refractivity contribution is 5.93. The second kappa shape index (κ2) is 10.7. The molecule has 4 aromatic carbocycles. The summed E-state index contributed by atoms with van der Waals surface area (Å²) in [6, 6.07) is 21.8. The molecule has 0 radical (unpaired) electrons. The Bertz CT molecular complexity index is 1730. The van der Waals surface area contributed by atoms with Gasteiger partial charge in [0.2, 0.25) is 0 Å². The molecule has 0 amide bonds. The Labute approximate surface area is 228 Å². The lowest BCUT2D eigenvalue weighted by Gasteiger charge is -2.13. The van der Waals surface area contributed by atoms with Gasteiger partial charge in [-0.2, -0.15) is 0 Å². The third kappa shape index (κ3) is 5.34. The Morgan fingerprint density at radius 2 is 1.23 bits per heavy atom. The molecule has 200 valence electrons. The first-order valence-corrected chi connectivity index (χ1v) is 12.1. The van der Waals surface area contributed by atoms with E-state index in [9.17, 15) is 14.4 Å². The van der Waals surface area contributed by atoms with Crippen molar-refractivity contribution in [1.82, 2.24) is 0 Å². The molecule has 5 rings (SSSR count). The van der Waals surface area contributed by atoms with Gasteiger partial charge in [0.25, 0.3) is 0 Å². The standard InChI is InChI=1S/C31H24N2O7/c1-17-28(34)26-16-23(37-2)11-12-27(26)40-29(17)20-13-24(38-30(35)18-3-7-21(32)8-4-18)15-25(14-20)39-31(36)19-5-9-22(33)10-6-19/h3-16H,32-33H2,1-2H3. The largest absolute Gasteiger partial charge is 0.497 e. The van der Waals surface area contributed by atoms with Crippen LogP contribution in [0.1, 0.15) is 26.3 Å². The summed E-state index contributed by atoms with van der Waals surface area (Å²) in [4.78, 5) is 38.9. The van der Waals surface area contributed by atoms with E-state index in [-0.39, 0.29) is 33.8 Å². The van der Waals surface area contributed by atoms with Crippen LogP contribution in [0.5, 0.6) is 17.2 Å². The minimum atomic E-state index is -0.656. The number of fused-ring (bicyclic) bond motifs is 1. The van der Waals surface area contributed by atoms with Gasteiger partial charge in [-0.1, -0.05) is 0 Å². The summed E-state index contributed by atoms with van der Waals surface area (Å²) >= 11 is 0. The molecule has 0 atom stereocenters. The number of methoxy groups -OCH3 is 1. The second-order valence-electron chi connectivity index (χ2n) is 8.96. The number of ether oxygens (including phenoxy) is 3. The number of hydrogen-bond acceptors (Lipinski definition) is 9.